The molecule has 4 aromatic rings. The lowest BCUT2D eigenvalue weighted by atomic mass is 9.97. The lowest BCUT2D eigenvalue weighted by Crippen LogP contribution is -2.40. The normalized spacial score (nSPS) is 16.9. The van der Waals surface area contributed by atoms with Crippen molar-refractivity contribution in [1.29, 1.82) is 0 Å². The van der Waals surface area contributed by atoms with Crippen LogP contribution in [0.1, 0.15) is 36.8 Å². The fraction of sp³-hybridized carbons (Fsp3) is 0.357. The first kappa shape index (κ1) is 23.2. The molecule has 7 nitrogen and oxygen atoms in total. The largest absolute Gasteiger partial charge is 0.378 e. The van der Waals surface area contributed by atoms with Gasteiger partial charge in [-0.25, -0.2) is 4.79 Å². The minimum absolute atomic E-state index is 0.293. The van der Waals surface area contributed by atoms with Crippen LogP contribution in [0, 0.1) is 6.92 Å². The summed E-state index contributed by atoms with van der Waals surface area (Å²) in [5.74, 6) is 0. The number of aryl methyl sites for hydroxylation is 2. The van der Waals surface area contributed by atoms with Gasteiger partial charge in [-0.15, -0.1) is 0 Å². The molecule has 0 bridgehead atoms. The summed E-state index contributed by atoms with van der Waals surface area (Å²) in [7, 11) is 7.29. The van der Waals surface area contributed by atoms with E-state index in [1.54, 1.807) is 18.7 Å². The van der Waals surface area contributed by atoms with E-state index in [4.69, 9.17) is 4.74 Å². The number of nitrogens with zero attached hydrogens (tertiary/aromatic N) is 4. The second-order valence-corrected chi connectivity index (χ2v) is 10.4. The summed E-state index contributed by atoms with van der Waals surface area (Å²) in [6, 6.07) is 16.4. The van der Waals surface area contributed by atoms with Crippen LogP contribution in [0.3, 0.4) is 0 Å². The Morgan fingerprint density at radius 3 is 2.31 bits per heavy atom. The summed E-state index contributed by atoms with van der Waals surface area (Å²) in [5, 5.41) is 0.545. The molecule has 0 saturated carbocycles. The first-order chi connectivity index (χ1) is 16.5. The van der Waals surface area contributed by atoms with E-state index in [2.05, 4.69) is 53.6 Å². The number of aromatic nitrogens is 3. The second-order valence-electron chi connectivity index (χ2n) is 10.4. The van der Waals surface area contributed by atoms with Crippen molar-refractivity contribution in [3.05, 3.63) is 86.2 Å². The average Bonchev–Trinajstić information content (AvgIpc) is 3.19. The van der Waals surface area contributed by atoms with Crippen LogP contribution in [-0.4, -0.2) is 34.4 Å². The maximum atomic E-state index is 13.7. The van der Waals surface area contributed by atoms with Gasteiger partial charge in [-0.1, -0.05) is 35.9 Å². The van der Waals surface area contributed by atoms with Gasteiger partial charge in [0.05, 0.1) is 34.4 Å². The monoisotopic (exact) mass is 472 g/mol. The zero-order valence-corrected chi connectivity index (χ0v) is 21.4. The highest BCUT2D eigenvalue weighted by molar-refractivity contribution is 5.97. The molecule has 1 aliphatic rings. The van der Waals surface area contributed by atoms with Crippen LogP contribution in [0.4, 0.5) is 5.69 Å². The van der Waals surface area contributed by atoms with Gasteiger partial charge in [0, 0.05) is 33.9 Å². The Labute approximate surface area is 204 Å². The van der Waals surface area contributed by atoms with Crippen LogP contribution in [0.5, 0.6) is 0 Å². The molecule has 3 heterocycles. The van der Waals surface area contributed by atoms with Crippen LogP contribution >= 0.6 is 0 Å². The lowest BCUT2D eigenvalue weighted by Gasteiger charge is -2.39. The molecular weight excluding hydrogens is 440 g/mol. The van der Waals surface area contributed by atoms with Crippen LogP contribution < -0.4 is 16.1 Å². The molecule has 5 rings (SSSR count). The highest BCUT2D eigenvalue weighted by Crippen LogP contribution is 2.45. The molecule has 0 spiro atoms. The Balaban J connectivity index is 1.94. The first-order valence-electron chi connectivity index (χ1n) is 11.8. The van der Waals surface area contributed by atoms with Gasteiger partial charge in [-0.05, 0) is 50.1 Å². The van der Waals surface area contributed by atoms with Gasteiger partial charge in [-0.2, -0.15) is 0 Å². The van der Waals surface area contributed by atoms with Crippen molar-refractivity contribution < 1.29 is 4.74 Å². The van der Waals surface area contributed by atoms with Crippen molar-refractivity contribution in [3.8, 4) is 11.3 Å². The SMILES string of the molecule is Cc1cccc(-c2c3c(=O)n(C)c(=O)n(C)c3c3n2C(C)(C)CO[C@H]3c2ccc(N(C)C)cc2)c1. The Morgan fingerprint density at radius 1 is 1.00 bits per heavy atom. The molecular formula is C28H32N4O3. The smallest absolute Gasteiger partial charge is 0.331 e. The van der Waals surface area contributed by atoms with E-state index in [-0.39, 0.29) is 11.2 Å². The zero-order chi connectivity index (χ0) is 25.2. The van der Waals surface area contributed by atoms with Crippen LogP contribution in [0.2, 0.25) is 0 Å². The number of ether oxygens (including phenoxy) is 1. The highest BCUT2D eigenvalue weighted by atomic mass is 16.5. The summed E-state index contributed by atoms with van der Waals surface area (Å²) >= 11 is 0. The molecule has 2 aromatic carbocycles. The molecule has 1 aliphatic heterocycles. The molecule has 0 radical (unpaired) electrons. The van der Waals surface area contributed by atoms with Crippen molar-refractivity contribution >= 4 is 16.6 Å². The summed E-state index contributed by atoms with van der Waals surface area (Å²) in [6.07, 6.45) is -0.419. The van der Waals surface area contributed by atoms with Crippen LogP contribution in [0.15, 0.2) is 58.1 Å². The molecule has 7 heteroatoms. The summed E-state index contributed by atoms with van der Waals surface area (Å²) in [6.45, 7) is 6.74. The molecule has 0 amide bonds. The fourth-order valence-electron chi connectivity index (χ4n) is 5.26. The van der Waals surface area contributed by atoms with Gasteiger partial charge in [-0.3, -0.25) is 13.9 Å². The number of hydrogen-bond acceptors (Lipinski definition) is 4. The molecule has 0 fully saturated rings. The Bertz CT molecular complexity index is 1570. The van der Waals surface area contributed by atoms with Crippen molar-refractivity contribution in [1.82, 2.24) is 13.7 Å². The molecule has 1 atom stereocenters. The van der Waals surface area contributed by atoms with E-state index in [1.165, 1.54) is 4.57 Å². The second kappa shape index (κ2) is 7.99. The quantitative estimate of drug-likeness (QED) is 0.453. The number of hydrogen-bond donors (Lipinski definition) is 0. The van der Waals surface area contributed by atoms with E-state index in [9.17, 15) is 9.59 Å². The molecule has 2 aromatic heterocycles. The van der Waals surface area contributed by atoms with E-state index in [1.807, 2.05) is 39.2 Å². The molecule has 0 saturated heterocycles. The predicted molar refractivity (Wildman–Crippen MR) is 140 cm³/mol. The third-order valence-electron chi connectivity index (χ3n) is 7.07. The maximum absolute atomic E-state index is 13.7. The minimum atomic E-state index is -0.436. The van der Waals surface area contributed by atoms with Crippen molar-refractivity contribution in [2.45, 2.75) is 32.4 Å². The van der Waals surface area contributed by atoms with Crippen molar-refractivity contribution in [2.24, 2.45) is 14.1 Å². The predicted octanol–water partition coefficient (Wildman–Crippen LogP) is 3.93. The molecule has 0 N–H and O–H groups in total. The van der Waals surface area contributed by atoms with E-state index >= 15 is 0 Å². The summed E-state index contributed by atoms with van der Waals surface area (Å²) < 4.78 is 11.5. The summed E-state index contributed by atoms with van der Waals surface area (Å²) in [5.41, 5.74) is 5.35. The maximum Gasteiger partial charge on any atom is 0.331 e. The number of benzene rings is 2. The zero-order valence-electron chi connectivity index (χ0n) is 21.4. The average molecular weight is 473 g/mol. The fourth-order valence-corrected chi connectivity index (χ4v) is 5.26. The van der Waals surface area contributed by atoms with Crippen LogP contribution in [-0.2, 0) is 24.4 Å². The van der Waals surface area contributed by atoms with E-state index in [0.29, 0.717) is 17.5 Å². The lowest BCUT2D eigenvalue weighted by molar-refractivity contribution is -0.00706. The first-order valence-corrected chi connectivity index (χ1v) is 11.8. The Morgan fingerprint density at radius 2 is 1.69 bits per heavy atom. The number of rotatable bonds is 3. The molecule has 182 valence electrons. The standard InChI is InChI=1S/C28H32N4O3/c1-17-9-8-10-19(15-17)22-21-23(30(6)27(34)31(7)26(21)33)24-25(35-16-28(2,3)32(22)24)18-11-13-20(14-12-18)29(4)5/h8-15,25H,16H2,1-7H3/t25-/m0/s1. The summed E-state index contributed by atoms with van der Waals surface area (Å²) in [4.78, 5) is 28.8. The van der Waals surface area contributed by atoms with E-state index in [0.717, 1.165) is 33.8 Å². The van der Waals surface area contributed by atoms with E-state index < -0.39 is 11.6 Å². The van der Waals surface area contributed by atoms with Crippen molar-refractivity contribution in [2.75, 3.05) is 25.6 Å². The number of fused-ring (bicyclic) bond motifs is 3. The van der Waals surface area contributed by atoms with Gasteiger partial charge < -0.3 is 14.2 Å². The minimum Gasteiger partial charge on any atom is -0.378 e. The van der Waals surface area contributed by atoms with Crippen molar-refractivity contribution in [3.63, 3.8) is 0 Å². The topological polar surface area (TPSA) is 61.4 Å². The van der Waals surface area contributed by atoms with Gasteiger partial charge in [0.1, 0.15) is 6.10 Å². The third-order valence-corrected chi connectivity index (χ3v) is 7.07. The molecule has 0 unspecified atom stereocenters. The Hall–Kier alpha value is -3.58. The Kier molecular flexibility index (Phi) is 5.29. The third kappa shape index (κ3) is 3.45. The molecule has 35 heavy (non-hydrogen) atoms. The van der Waals surface area contributed by atoms with Gasteiger partial charge in [0.25, 0.3) is 5.56 Å². The van der Waals surface area contributed by atoms with Crippen LogP contribution in [0.25, 0.3) is 22.2 Å². The number of anilines is 1. The van der Waals surface area contributed by atoms with Gasteiger partial charge >= 0.3 is 5.69 Å². The van der Waals surface area contributed by atoms with Gasteiger partial charge in [0.2, 0.25) is 0 Å². The highest BCUT2D eigenvalue weighted by Gasteiger charge is 2.40. The molecule has 0 aliphatic carbocycles. The van der Waals surface area contributed by atoms with Gasteiger partial charge in [0.15, 0.2) is 0 Å².